The smallest absolute Gasteiger partial charge is 0.387 e. The first kappa shape index (κ1) is 16.6. The Bertz CT molecular complexity index is 505. The van der Waals surface area contributed by atoms with Gasteiger partial charge >= 0.3 is 6.61 Å². The first-order valence-corrected chi connectivity index (χ1v) is 7.14. The molecule has 1 aromatic rings. The Kier molecular flexibility index (Phi) is 5.68. The van der Waals surface area contributed by atoms with E-state index in [4.69, 9.17) is 4.74 Å². The Labute approximate surface area is 128 Å². The first-order valence-electron chi connectivity index (χ1n) is 7.14. The van der Waals surface area contributed by atoms with E-state index in [1.165, 1.54) is 13.2 Å². The number of carbonyl (C=O) groups excluding carboxylic acids is 1. The number of hydrogen-bond donors (Lipinski definition) is 2. The van der Waals surface area contributed by atoms with Crippen molar-refractivity contribution in [3.8, 4) is 5.75 Å². The molecule has 0 atom stereocenters. The van der Waals surface area contributed by atoms with Crippen LogP contribution in [0.2, 0.25) is 0 Å². The standard InChI is InChI=1S/C15H20F2N2O3/c1-21-15(6-8-18-9-7-15)13(20)19-10-11-4-2-3-5-12(11)22-14(16)17/h2-5,14,18H,6-10H2,1H3,(H,19,20). The lowest BCUT2D eigenvalue weighted by Crippen LogP contribution is -2.53. The summed E-state index contributed by atoms with van der Waals surface area (Å²) in [5.41, 5.74) is -0.361. The highest BCUT2D eigenvalue weighted by Crippen LogP contribution is 2.24. The minimum Gasteiger partial charge on any atom is -0.434 e. The third-order valence-electron chi connectivity index (χ3n) is 3.84. The minimum atomic E-state index is -2.90. The van der Waals surface area contributed by atoms with Crippen LogP contribution < -0.4 is 15.4 Å². The highest BCUT2D eigenvalue weighted by molar-refractivity contribution is 5.85. The largest absolute Gasteiger partial charge is 0.434 e. The molecule has 0 radical (unpaired) electrons. The van der Waals surface area contributed by atoms with Crippen molar-refractivity contribution in [2.24, 2.45) is 0 Å². The summed E-state index contributed by atoms with van der Waals surface area (Å²) in [7, 11) is 1.51. The van der Waals surface area contributed by atoms with Crippen LogP contribution in [-0.2, 0) is 16.1 Å². The van der Waals surface area contributed by atoms with Crippen LogP contribution in [0.15, 0.2) is 24.3 Å². The van der Waals surface area contributed by atoms with Crippen LogP contribution in [0.3, 0.4) is 0 Å². The van der Waals surface area contributed by atoms with Crippen LogP contribution in [0.1, 0.15) is 18.4 Å². The molecule has 122 valence electrons. The second-order valence-electron chi connectivity index (χ2n) is 5.12. The van der Waals surface area contributed by atoms with Gasteiger partial charge in [0.2, 0.25) is 0 Å². The van der Waals surface area contributed by atoms with E-state index in [9.17, 15) is 13.6 Å². The van der Waals surface area contributed by atoms with Gasteiger partial charge in [-0.2, -0.15) is 8.78 Å². The fraction of sp³-hybridized carbons (Fsp3) is 0.533. The maximum Gasteiger partial charge on any atom is 0.387 e. The molecule has 0 unspecified atom stereocenters. The number of amides is 1. The maximum absolute atomic E-state index is 12.4. The van der Waals surface area contributed by atoms with Gasteiger partial charge < -0.3 is 20.1 Å². The molecule has 1 amide bonds. The van der Waals surface area contributed by atoms with Crippen molar-refractivity contribution >= 4 is 5.91 Å². The van der Waals surface area contributed by atoms with Gasteiger partial charge in [0.1, 0.15) is 11.4 Å². The third kappa shape index (κ3) is 3.92. The fourth-order valence-corrected chi connectivity index (χ4v) is 2.55. The van der Waals surface area contributed by atoms with E-state index in [2.05, 4.69) is 15.4 Å². The molecule has 7 heteroatoms. The number of piperidine rings is 1. The van der Waals surface area contributed by atoms with Gasteiger partial charge in [-0.15, -0.1) is 0 Å². The molecule has 1 aliphatic heterocycles. The quantitative estimate of drug-likeness (QED) is 0.839. The third-order valence-corrected chi connectivity index (χ3v) is 3.84. The molecule has 2 N–H and O–H groups in total. The highest BCUT2D eigenvalue weighted by atomic mass is 19.3. The Balaban J connectivity index is 2.01. The first-order chi connectivity index (χ1) is 10.6. The summed E-state index contributed by atoms with van der Waals surface area (Å²) in [5.74, 6) is -0.169. The zero-order valence-corrected chi connectivity index (χ0v) is 12.4. The van der Waals surface area contributed by atoms with Crippen molar-refractivity contribution in [3.05, 3.63) is 29.8 Å². The fourth-order valence-electron chi connectivity index (χ4n) is 2.55. The molecular formula is C15H20F2N2O3. The maximum atomic E-state index is 12.4. The zero-order chi connectivity index (χ0) is 16.0. The molecule has 5 nitrogen and oxygen atoms in total. The van der Waals surface area contributed by atoms with Crippen molar-refractivity contribution < 1.29 is 23.0 Å². The lowest BCUT2D eigenvalue weighted by Gasteiger charge is -2.34. The number of para-hydroxylation sites is 1. The number of ether oxygens (including phenoxy) is 2. The van der Waals surface area contributed by atoms with Crippen LogP contribution in [-0.4, -0.2) is 38.3 Å². The van der Waals surface area contributed by atoms with Crippen LogP contribution >= 0.6 is 0 Å². The summed E-state index contributed by atoms with van der Waals surface area (Å²) < 4.78 is 34.6. The Morgan fingerprint density at radius 3 is 2.68 bits per heavy atom. The predicted molar refractivity (Wildman–Crippen MR) is 76.8 cm³/mol. The predicted octanol–water partition coefficient (Wildman–Crippen LogP) is 1.67. The molecule has 1 aromatic carbocycles. The number of benzene rings is 1. The van der Waals surface area contributed by atoms with Crippen molar-refractivity contribution in [3.63, 3.8) is 0 Å². The summed E-state index contributed by atoms with van der Waals surface area (Å²) in [4.78, 5) is 12.4. The summed E-state index contributed by atoms with van der Waals surface area (Å²) in [5, 5.41) is 5.93. The van der Waals surface area contributed by atoms with Crippen molar-refractivity contribution in [2.75, 3.05) is 20.2 Å². The van der Waals surface area contributed by atoms with Gasteiger partial charge in [0.25, 0.3) is 5.91 Å². The molecule has 0 spiro atoms. The number of alkyl halides is 2. The van der Waals surface area contributed by atoms with Gasteiger partial charge in [-0.3, -0.25) is 4.79 Å². The lowest BCUT2D eigenvalue weighted by atomic mass is 9.91. The molecular weight excluding hydrogens is 294 g/mol. The average molecular weight is 314 g/mol. The zero-order valence-electron chi connectivity index (χ0n) is 12.4. The average Bonchev–Trinajstić information content (AvgIpc) is 2.54. The molecule has 1 saturated heterocycles. The van der Waals surface area contributed by atoms with Crippen molar-refractivity contribution in [1.82, 2.24) is 10.6 Å². The van der Waals surface area contributed by atoms with E-state index in [0.29, 0.717) is 31.5 Å². The number of halogens is 2. The van der Waals surface area contributed by atoms with Gasteiger partial charge in [-0.25, -0.2) is 0 Å². The van der Waals surface area contributed by atoms with Gasteiger partial charge in [0.15, 0.2) is 0 Å². The van der Waals surface area contributed by atoms with Crippen LogP contribution in [0.25, 0.3) is 0 Å². The van der Waals surface area contributed by atoms with Crippen molar-refractivity contribution in [1.29, 1.82) is 0 Å². The number of methoxy groups -OCH3 is 1. The lowest BCUT2D eigenvalue weighted by molar-refractivity contribution is -0.146. The molecule has 1 heterocycles. The molecule has 0 saturated carbocycles. The Hall–Kier alpha value is -1.73. The summed E-state index contributed by atoms with van der Waals surface area (Å²) in [6.07, 6.45) is 1.15. The number of hydrogen-bond acceptors (Lipinski definition) is 4. The van der Waals surface area contributed by atoms with Crippen LogP contribution in [0, 0.1) is 0 Å². The molecule has 1 aliphatic rings. The van der Waals surface area contributed by atoms with Gasteiger partial charge in [0, 0.05) is 19.2 Å². The summed E-state index contributed by atoms with van der Waals surface area (Å²) in [6.45, 7) is -1.38. The van der Waals surface area contributed by atoms with E-state index < -0.39 is 12.2 Å². The van der Waals surface area contributed by atoms with E-state index in [1.807, 2.05) is 0 Å². The summed E-state index contributed by atoms with van der Waals surface area (Å²) in [6, 6.07) is 6.40. The van der Waals surface area contributed by atoms with Gasteiger partial charge in [-0.05, 0) is 32.0 Å². The van der Waals surface area contributed by atoms with E-state index in [-0.39, 0.29) is 18.2 Å². The Morgan fingerprint density at radius 2 is 2.05 bits per heavy atom. The van der Waals surface area contributed by atoms with E-state index in [1.54, 1.807) is 18.2 Å². The molecule has 0 aromatic heterocycles. The van der Waals surface area contributed by atoms with Gasteiger partial charge in [-0.1, -0.05) is 18.2 Å². The normalized spacial score (nSPS) is 17.3. The van der Waals surface area contributed by atoms with Gasteiger partial charge in [0.05, 0.1) is 0 Å². The number of nitrogens with one attached hydrogen (secondary N) is 2. The SMILES string of the molecule is COC1(C(=O)NCc2ccccc2OC(F)F)CCNCC1. The molecule has 22 heavy (non-hydrogen) atoms. The second kappa shape index (κ2) is 7.51. The van der Waals surface area contributed by atoms with Crippen LogP contribution in [0.5, 0.6) is 5.75 Å². The molecule has 1 fully saturated rings. The Morgan fingerprint density at radius 1 is 1.36 bits per heavy atom. The van der Waals surface area contributed by atoms with Crippen LogP contribution in [0.4, 0.5) is 8.78 Å². The molecule has 2 rings (SSSR count). The molecule has 0 bridgehead atoms. The van der Waals surface area contributed by atoms with E-state index in [0.717, 1.165) is 0 Å². The van der Waals surface area contributed by atoms with E-state index >= 15 is 0 Å². The number of rotatable bonds is 6. The topological polar surface area (TPSA) is 59.6 Å². The molecule has 0 aliphatic carbocycles. The highest BCUT2D eigenvalue weighted by Gasteiger charge is 2.39. The second-order valence-corrected chi connectivity index (χ2v) is 5.12. The van der Waals surface area contributed by atoms with Crippen molar-refractivity contribution in [2.45, 2.75) is 31.6 Å². The minimum absolute atomic E-state index is 0.0644. The number of carbonyl (C=O) groups is 1. The summed E-state index contributed by atoms with van der Waals surface area (Å²) >= 11 is 0. The monoisotopic (exact) mass is 314 g/mol.